The Kier molecular flexibility index (Phi) is 6.79. The minimum atomic E-state index is -0.177. The fraction of sp³-hybridized carbons (Fsp3) is 0.261. The lowest BCUT2D eigenvalue weighted by Gasteiger charge is -2.17. The van der Waals surface area contributed by atoms with E-state index in [-0.39, 0.29) is 11.5 Å². The molecule has 0 fully saturated rings. The Morgan fingerprint density at radius 1 is 1.03 bits per heavy atom. The molecule has 0 spiro atoms. The lowest BCUT2D eigenvalue weighted by molar-refractivity contribution is -0.118. The minimum Gasteiger partial charge on any atom is -0.494 e. The second-order valence-corrected chi connectivity index (χ2v) is 6.63. The summed E-state index contributed by atoms with van der Waals surface area (Å²) in [4.78, 5) is 26.2. The third-order valence-corrected chi connectivity index (χ3v) is 4.61. The zero-order chi connectivity index (χ0) is 20.6. The number of aryl methyl sites for hydroxylation is 1. The molecular weight excluding hydrogens is 366 g/mol. The molecule has 0 saturated heterocycles. The van der Waals surface area contributed by atoms with Crippen LogP contribution in [0.2, 0.25) is 0 Å². The van der Waals surface area contributed by atoms with Gasteiger partial charge in [0.2, 0.25) is 5.91 Å². The fourth-order valence-corrected chi connectivity index (χ4v) is 3.00. The molecule has 1 amide bonds. The number of hydrogen-bond acceptors (Lipinski definition) is 4. The summed E-state index contributed by atoms with van der Waals surface area (Å²) in [5, 5.41) is 4.46. The van der Waals surface area contributed by atoms with Gasteiger partial charge in [0, 0.05) is 37.3 Å². The average molecular weight is 391 g/mol. The van der Waals surface area contributed by atoms with Crippen molar-refractivity contribution in [3.05, 3.63) is 77.1 Å². The summed E-state index contributed by atoms with van der Waals surface area (Å²) in [7, 11) is 1.76. The topological polar surface area (TPSA) is 64.4 Å². The van der Waals surface area contributed by atoms with Crippen molar-refractivity contribution in [1.29, 1.82) is 0 Å². The first-order chi connectivity index (χ1) is 14.1. The SMILES string of the molecule is CCOc1ccc(-c2ccc(=O)n(CCCC(=O)N(C)c3ccccc3)n2)cc1. The Morgan fingerprint density at radius 2 is 1.76 bits per heavy atom. The van der Waals surface area contributed by atoms with Gasteiger partial charge in [0.15, 0.2) is 0 Å². The quantitative estimate of drug-likeness (QED) is 0.587. The third-order valence-electron chi connectivity index (χ3n) is 4.61. The normalized spacial score (nSPS) is 10.6. The third kappa shape index (κ3) is 5.31. The first-order valence-corrected chi connectivity index (χ1v) is 9.71. The molecule has 3 rings (SSSR count). The molecule has 1 heterocycles. The predicted octanol–water partition coefficient (Wildman–Crippen LogP) is 3.75. The maximum absolute atomic E-state index is 12.4. The van der Waals surface area contributed by atoms with Crippen LogP contribution in [0, 0.1) is 0 Å². The number of rotatable bonds is 8. The van der Waals surface area contributed by atoms with Crippen LogP contribution in [0.1, 0.15) is 19.8 Å². The molecule has 29 heavy (non-hydrogen) atoms. The van der Waals surface area contributed by atoms with Gasteiger partial charge in [-0.15, -0.1) is 0 Å². The molecule has 6 heteroatoms. The highest BCUT2D eigenvalue weighted by atomic mass is 16.5. The summed E-state index contributed by atoms with van der Waals surface area (Å²) in [5.74, 6) is 0.803. The molecule has 0 atom stereocenters. The Morgan fingerprint density at radius 3 is 2.45 bits per heavy atom. The van der Waals surface area contributed by atoms with Crippen LogP contribution < -0.4 is 15.2 Å². The van der Waals surface area contributed by atoms with Gasteiger partial charge in [-0.25, -0.2) is 4.68 Å². The Labute approximate surface area is 170 Å². The average Bonchev–Trinajstić information content (AvgIpc) is 2.76. The van der Waals surface area contributed by atoms with Crippen molar-refractivity contribution in [3.63, 3.8) is 0 Å². The van der Waals surface area contributed by atoms with E-state index in [1.165, 1.54) is 10.7 Å². The van der Waals surface area contributed by atoms with Gasteiger partial charge >= 0.3 is 0 Å². The number of anilines is 1. The smallest absolute Gasteiger partial charge is 0.266 e. The molecule has 0 saturated carbocycles. The molecule has 0 radical (unpaired) electrons. The van der Waals surface area contributed by atoms with Crippen LogP contribution in [0.15, 0.2) is 71.5 Å². The zero-order valence-electron chi connectivity index (χ0n) is 16.7. The van der Waals surface area contributed by atoms with Crippen molar-refractivity contribution in [2.45, 2.75) is 26.3 Å². The van der Waals surface area contributed by atoms with Crippen molar-refractivity contribution < 1.29 is 9.53 Å². The van der Waals surface area contributed by atoms with E-state index in [4.69, 9.17) is 4.74 Å². The van der Waals surface area contributed by atoms with Gasteiger partial charge in [-0.05, 0) is 55.8 Å². The molecule has 0 aliphatic carbocycles. The van der Waals surface area contributed by atoms with Crippen LogP contribution in [0.4, 0.5) is 5.69 Å². The maximum atomic E-state index is 12.4. The molecule has 2 aromatic carbocycles. The van der Waals surface area contributed by atoms with E-state index in [0.717, 1.165) is 17.0 Å². The summed E-state index contributed by atoms with van der Waals surface area (Å²) < 4.78 is 6.87. The molecule has 1 aromatic heterocycles. The Balaban J connectivity index is 1.63. The van der Waals surface area contributed by atoms with Crippen LogP contribution in [0.3, 0.4) is 0 Å². The van der Waals surface area contributed by atoms with Crippen LogP contribution in [-0.4, -0.2) is 29.3 Å². The van der Waals surface area contributed by atoms with Crippen molar-refractivity contribution in [2.75, 3.05) is 18.6 Å². The summed E-state index contributed by atoms with van der Waals surface area (Å²) in [5.41, 5.74) is 2.29. The number of nitrogens with zero attached hydrogens (tertiary/aromatic N) is 3. The number of carbonyl (C=O) groups is 1. The summed E-state index contributed by atoms with van der Waals surface area (Å²) >= 11 is 0. The first kappa shape index (κ1) is 20.3. The van der Waals surface area contributed by atoms with Crippen molar-refractivity contribution in [3.8, 4) is 17.0 Å². The second-order valence-electron chi connectivity index (χ2n) is 6.63. The highest BCUT2D eigenvalue weighted by Gasteiger charge is 2.11. The summed E-state index contributed by atoms with van der Waals surface area (Å²) in [6.45, 7) is 2.94. The van der Waals surface area contributed by atoms with Crippen LogP contribution in [-0.2, 0) is 11.3 Å². The lowest BCUT2D eigenvalue weighted by Crippen LogP contribution is -2.27. The van der Waals surface area contributed by atoms with E-state index in [1.54, 1.807) is 18.0 Å². The number of carbonyl (C=O) groups excluding carboxylic acids is 1. The van der Waals surface area contributed by atoms with Crippen molar-refractivity contribution in [2.24, 2.45) is 0 Å². The second kappa shape index (κ2) is 9.68. The molecule has 6 nitrogen and oxygen atoms in total. The molecule has 150 valence electrons. The number of hydrogen-bond donors (Lipinski definition) is 0. The zero-order valence-corrected chi connectivity index (χ0v) is 16.7. The Hall–Kier alpha value is -3.41. The first-order valence-electron chi connectivity index (χ1n) is 9.71. The number of ether oxygens (including phenoxy) is 1. The number of para-hydroxylation sites is 1. The monoisotopic (exact) mass is 391 g/mol. The van der Waals surface area contributed by atoms with E-state index in [9.17, 15) is 9.59 Å². The van der Waals surface area contributed by atoms with E-state index in [0.29, 0.717) is 31.7 Å². The molecule has 0 aliphatic heterocycles. The number of aromatic nitrogens is 2. The highest BCUT2D eigenvalue weighted by molar-refractivity contribution is 5.92. The molecule has 0 aliphatic rings. The van der Waals surface area contributed by atoms with Crippen LogP contribution in [0.5, 0.6) is 5.75 Å². The molecule has 0 bridgehead atoms. The molecule has 3 aromatic rings. The van der Waals surface area contributed by atoms with Gasteiger partial charge in [-0.2, -0.15) is 5.10 Å². The minimum absolute atomic E-state index is 0.00640. The van der Waals surface area contributed by atoms with E-state index < -0.39 is 0 Å². The van der Waals surface area contributed by atoms with Gasteiger partial charge in [0.1, 0.15) is 5.75 Å². The van der Waals surface area contributed by atoms with Crippen LogP contribution in [0.25, 0.3) is 11.3 Å². The van der Waals surface area contributed by atoms with Gasteiger partial charge in [0.05, 0.1) is 12.3 Å². The van der Waals surface area contributed by atoms with E-state index in [2.05, 4.69) is 5.10 Å². The maximum Gasteiger partial charge on any atom is 0.266 e. The largest absolute Gasteiger partial charge is 0.494 e. The van der Waals surface area contributed by atoms with Crippen molar-refractivity contribution >= 4 is 11.6 Å². The van der Waals surface area contributed by atoms with Gasteiger partial charge < -0.3 is 9.64 Å². The van der Waals surface area contributed by atoms with E-state index >= 15 is 0 Å². The number of benzene rings is 2. The molecular formula is C23H25N3O3. The fourth-order valence-electron chi connectivity index (χ4n) is 3.00. The predicted molar refractivity (Wildman–Crippen MR) is 114 cm³/mol. The van der Waals surface area contributed by atoms with Gasteiger partial charge in [-0.1, -0.05) is 18.2 Å². The van der Waals surface area contributed by atoms with Crippen LogP contribution >= 0.6 is 0 Å². The standard InChI is InChI=1S/C23H25N3O3/c1-3-29-20-13-11-18(12-14-20)21-15-16-23(28)26(24-21)17-7-10-22(27)25(2)19-8-5-4-6-9-19/h4-6,8-9,11-16H,3,7,10,17H2,1-2H3. The van der Waals surface area contributed by atoms with Crippen molar-refractivity contribution in [1.82, 2.24) is 9.78 Å². The number of amides is 1. The lowest BCUT2D eigenvalue weighted by atomic mass is 10.1. The summed E-state index contributed by atoms with van der Waals surface area (Å²) in [6.07, 6.45) is 0.877. The van der Waals surface area contributed by atoms with Gasteiger partial charge in [-0.3, -0.25) is 9.59 Å². The van der Waals surface area contributed by atoms with E-state index in [1.807, 2.05) is 61.5 Å². The van der Waals surface area contributed by atoms with Gasteiger partial charge in [0.25, 0.3) is 5.56 Å². The Bertz CT molecular complexity index is 998. The summed E-state index contributed by atoms with van der Waals surface area (Å²) in [6, 6.07) is 20.3. The molecule has 0 unspecified atom stereocenters. The molecule has 0 N–H and O–H groups in total. The highest BCUT2D eigenvalue weighted by Crippen LogP contribution is 2.20.